The highest BCUT2D eigenvalue weighted by atomic mass is 32.1. The predicted octanol–water partition coefficient (Wildman–Crippen LogP) is 3.54. The smallest absolute Gasteiger partial charge is 0.140 e. The predicted molar refractivity (Wildman–Crippen MR) is 100 cm³/mol. The first kappa shape index (κ1) is 16.4. The molecule has 1 fully saturated rings. The average molecular weight is 353 g/mol. The second-order valence-corrected chi connectivity index (χ2v) is 7.76. The van der Waals surface area contributed by atoms with Gasteiger partial charge in [-0.25, -0.2) is 9.97 Å². The topological polar surface area (TPSA) is 46.8 Å². The van der Waals surface area contributed by atoms with Gasteiger partial charge in [-0.15, -0.1) is 11.3 Å². The fourth-order valence-electron chi connectivity index (χ4n) is 3.57. The molecule has 5 nitrogen and oxygen atoms in total. The van der Waals surface area contributed by atoms with E-state index in [0.717, 1.165) is 31.0 Å². The zero-order valence-corrected chi connectivity index (χ0v) is 15.5. The van der Waals surface area contributed by atoms with E-state index in [1.54, 1.807) is 11.3 Å². The molecule has 0 amide bonds. The molecule has 3 aromatic rings. The van der Waals surface area contributed by atoms with E-state index in [2.05, 4.69) is 38.3 Å². The van der Waals surface area contributed by atoms with Gasteiger partial charge in [-0.05, 0) is 44.9 Å². The molecule has 0 aliphatic carbocycles. The minimum absolute atomic E-state index is 0.668. The van der Waals surface area contributed by atoms with E-state index in [0.29, 0.717) is 5.92 Å². The zero-order chi connectivity index (χ0) is 17.2. The maximum atomic E-state index is 4.63. The molecule has 1 unspecified atom stereocenters. The summed E-state index contributed by atoms with van der Waals surface area (Å²) in [6.45, 7) is 8.63. The Labute approximate surface area is 152 Å². The molecule has 6 heteroatoms. The Morgan fingerprint density at radius 2 is 2.04 bits per heavy atom. The quantitative estimate of drug-likeness (QED) is 0.704. The number of pyridine rings is 1. The molecule has 0 spiro atoms. The monoisotopic (exact) mass is 353 g/mol. The number of nitrogens with zero attached hydrogens (tertiary/aromatic N) is 5. The molecule has 4 rings (SSSR count). The molecule has 130 valence electrons. The van der Waals surface area contributed by atoms with E-state index in [-0.39, 0.29) is 0 Å². The zero-order valence-electron chi connectivity index (χ0n) is 14.7. The number of aryl methyl sites for hydroxylation is 2. The van der Waals surface area contributed by atoms with Crippen molar-refractivity contribution in [3.05, 3.63) is 52.5 Å². The van der Waals surface area contributed by atoms with Gasteiger partial charge in [0.05, 0.1) is 11.2 Å². The number of hydrogen-bond acceptors (Lipinski definition) is 5. The lowest BCUT2D eigenvalue weighted by Gasteiger charge is -2.17. The third kappa shape index (κ3) is 3.50. The van der Waals surface area contributed by atoms with Gasteiger partial charge in [0.2, 0.25) is 0 Å². The Morgan fingerprint density at radius 3 is 2.80 bits per heavy atom. The summed E-state index contributed by atoms with van der Waals surface area (Å²) >= 11 is 1.77. The van der Waals surface area contributed by atoms with Gasteiger partial charge < -0.3 is 4.57 Å². The van der Waals surface area contributed by atoms with Crippen molar-refractivity contribution in [3.8, 4) is 11.4 Å². The normalized spacial score (nSPS) is 18.1. The molecule has 0 radical (unpaired) electrons. The van der Waals surface area contributed by atoms with Crippen molar-refractivity contribution in [1.29, 1.82) is 0 Å². The molecule has 4 heterocycles. The maximum Gasteiger partial charge on any atom is 0.140 e. The van der Waals surface area contributed by atoms with Crippen molar-refractivity contribution in [3.63, 3.8) is 0 Å². The van der Waals surface area contributed by atoms with Crippen molar-refractivity contribution < 1.29 is 0 Å². The van der Waals surface area contributed by atoms with E-state index < -0.39 is 0 Å². The Hall–Kier alpha value is -2.05. The van der Waals surface area contributed by atoms with Crippen LogP contribution >= 0.6 is 11.3 Å². The van der Waals surface area contributed by atoms with Crippen molar-refractivity contribution in [1.82, 2.24) is 24.4 Å². The van der Waals surface area contributed by atoms with Crippen molar-refractivity contribution in [2.45, 2.75) is 33.4 Å². The minimum atomic E-state index is 0.668. The molecule has 1 atom stereocenters. The van der Waals surface area contributed by atoms with Gasteiger partial charge in [0.25, 0.3) is 0 Å². The van der Waals surface area contributed by atoms with Crippen LogP contribution in [0.2, 0.25) is 0 Å². The summed E-state index contributed by atoms with van der Waals surface area (Å²) in [4.78, 5) is 17.1. The summed E-state index contributed by atoms with van der Waals surface area (Å²) in [6, 6.07) is 4.07. The second kappa shape index (κ2) is 7.06. The summed E-state index contributed by atoms with van der Waals surface area (Å²) in [5.41, 5.74) is 5.49. The number of aromatic nitrogens is 4. The summed E-state index contributed by atoms with van der Waals surface area (Å²) in [6.07, 6.45) is 6.88. The first-order chi connectivity index (χ1) is 12.2. The van der Waals surface area contributed by atoms with Crippen LogP contribution < -0.4 is 0 Å². The molecular weight excluding hydrogens is 330 g/mol. The maximum absolute atomic E-state index is 4.63. The molecule has 0 bridgehead atoms. The standard InChI is InChI=1S/C19H23N5S/c1-14-9-21-19(17-3-6-20-7-4-17)24(14)11-16-5-8-23(10-16)12-18-15(2)22-13-25-18/h3-4,6-7,9,13,16H,5,8,10-12H2,1-2H3. The van der Waals surface area contributed by atoms with Crippen LogP contribution in [0.1, 0.15) is 22.7 Å². The highest BCUT2D eigenvalue weighted by molar-refractivity contribution is 7.09. The molecule has 1 aliphatic rings. The van der Waals surface area contributed by atoms with Crippen molar-refractivity contribution in [2.24, 2.45) is 5.92 Å². The van der Waals surface area contributed by atoms with Crippen LogP contribution in [0.25, 0.3) is 11.4 Å². The molecular formula is C19H23N5S. The number of rotatable bonds is 5. The summed E-state index contributed by atoms with van der Waals surface area (Å²) in [5.74, 6) is 1.72. The number of imidazole rings is 1. The first-order valence-corrected chi connectivity index (χ1v) is 9.62. The highest BCUT2D eigenvalue weighted by Crippen LogP contribution is 2.26. The van der Waals surface area contributed by atoms with Crippen LogP contribution in [0.5, 0.6) is 0 Å². The van der Waals surface area contributed by atoms with E-state index in [1.165, 1.54) is 29.2 Å². The third-order valence-electron chi connectivity index (χ3n) is 5.02. The van der Waals surface area contributed by atoms with Crippen molar-refractivity contribution in [2.75, 3.05) is 13.1 Å². The van der Waals surface area contributed by atoms with Gasteiger partial charge >= 0.3 is 0 Å². The van der Waals surface area contributed by atoms with E-state index >= 15 is 0 Å². The summed E-state index contributed by atoms with van der Waals surface area (Å²) in [5, 5.41) is 0. The average Bonchev–Trinajstić information content (AvgIpc) is 3.33. The van der Waals surface area contributed by atoms with Gasteiger partial charge in [0.15, 0.2) is 0 Å². The van der Waals surface area contributed by atoms with Crippen molar-refractivity contribution >= 4 is 11.3 Å². The van der Waals surface area contributed by atoms with Gasteiger partial charge in [0.1, 0.15) is 5.82 Å². The molecule has 1 saturated heterocycles. The molecule has 0 N–H and O–H groups in total. The lowest BCUT2D eigenvalue weighted by atomic mass is 10.1. The van der Waals surface area contributed by atoms with Crippen LogP contribution in [-0.4, -0.2) is 37.5 Å². The third-order valence-corrected chi connectivity index (χ3v) is 5.94. The van der Waals surface area contributed by atoms with Crippen LogP contribution in [0.3, 0.4) is 0 Å². The van der Waals surface area contributed by atoms with Gasteiger partial charge in [-0.1, -0.05) is 0 Å². The van der Waals surface area contributed by atoms with Gasteiger partial charge in [-0.2, -0.15) is 0 Å². The second-order valence-electron chi connectivity index (χ2n) is 6.82. The molecule has 1 aliphatic heterocycles. The fraction of sp³-hybridized carbons (Fsp3) is 0.421. The van der Waals surface area contributed by atoms with E-state index in [4.69, 9.17) is 0 Å². The Balaban J connectivity index is 1.45. The summed E-state index contributed by atoms with van der Waals surface area (Å²) in [7, 11) is 0. The van der Waals surface area contributed by atoms with E-state index in [9.17, 15) is 0 Å². The largest absolute Gasteiger partial charge is 0.328 e. The fourth-order valence-corrected chi connectivity index (χ4v) is 4.39. The van der Waals surface area contributed by atoms with Gasteiger partial charge in [-0.3, -0.25) is 9.88 Å². The van der Waals surface area contributed by atoms with Crippen LogP contribution in [0.4, 0.5) is 0 Å². The Kier molecular flexibility index (Phi) is 4.63. The van der Waals surface area contributed by atoms with E-state index in [1.807, 2.05) is 36.2 Å². The molecule has 3 aromatic heterocycles. The van der Waals surface area contributed by atoms with Gasteiger partial charge in [0, 0.05) is 54.4 Å². The highest BCUT2D eigenvalue weighted by Gasteiger charge is 2.25. The number of thiazole rings is 1. The Morgan fingerprint density at radius 1 is 1.20 bits per heavy atom. The van der Waals surface area contributed by atoms with Crippen LogP contribution in [0.15, 0.2) is 36.2 Å². The number of hydrogen-bond donors (Lipinski definition) is 0. The summed E-state index contributed by atoms with van der Waals surface area (Å²) < 4.78 is 2.36. The lowest BCUT2D eigenvalue weighted by Crippen LogP contribution is -2.22. The SMILES string of the molecule is Cc1ncsc1CN1CCC(Cn2c(C)cnc2-c2ccncc2)C1. The first-order valence-electron chi connectivity index (χ1n) is 8.74. The molecule has 0 saturated carbocycles. The lowest BCUT2D eigenvalue weighted by molar-refractivity contribution is 0.311. The Bertz CT molecular complexity index is 839. The van der Waals surface area contributed by atoms with Crippen LogP contribution in [0, 0.1) is 19.8 Å². The molecule has 0 aromatic carbocycles. The molecule has 25 heavy (non-hydrogen) atoms. The van der Waals surface area contributed by atoms with Crippen LogP contribution in [-0.2, 0) is 13.1 Å². The number of likely N-dealkylation sites (tertiary alicyclic amines) is 1. The minimum Gasteiger partial charge on any atom is -0.328 e.